The van der Waals surface area contributed by atoms with Gasteiger partial charge in [0.2, 0.25) is 0 Å². The number of nitrogens with one attached hydrogen (secondary N) is 1. The van der Waals surface area contributed by atoms with Gasteiger partial charge in [0.15, 0.2) is 11.5 Å². The van der Waals surface area contributed by atoms with Crippen molar-refractivity contribution in [1.29, 1.82) is 0 Å². The van der Waals surface area contributed by atoms with Gasteiger partial charge in [-0.3, -0.25) is 4.79 Å². The molecule has 0 heterocycles. The number of hydrogen-bond acceptors (Lipinski definition) is 3. The Morgan fingerprint density at radius 2 is 2.04 bits per heavy atom. The zero-order valence-corrected chi connectivity index (χ0v) is 16.7. The van der Waals surface area contributed by atoms with Crippen LogP contribution in [-0.2, 0) is 0 Å². The predicted molar refractivity (Wildman–Crippen MR) is 106 cm³/mol. The highest BCUT2D eigenvalue weighted by atomic mass is 127. The van der Waals surface area contributed by atoms with Crippen LogP contribution in [0.3, 0.4) is 0 Å². The highest BCUT2D eigenvalue weighted by Crippen LogP contribution is 2.34. The van der Waals surface area contributed by atoms with Crippen molar-refractivity contribution in [2.75, 3.05) is 19.0 Å². The Kier molecular flexibility index (Phi) is 6.74. The van der Waals surface area contributed by atoms with Gasteiger partial charge in [0.05, 0.1) is 17.3 Å². The molecular formula is C18H19ClINO3. The van der Waals surface area contributed by atoms with Gasteiger partial charge in [-0.2, -0.15) is 0 Å². The Bertz CT molecular complexity index is 749. The summed E-state index contributed by atoms with van der Waals surface area (Å²) < 4.78 is 11.9. The third-order valence-corrected chi connectivity index (χ3v) is 4.58. The summed E-state index contributed by atoms with van der Waals surface area (Å²) in [7, 11) is 1.56. The van der Waals surface area contributed by atoms with Crippen LogP contribution in [0.15, 0.2) is 30.3 Å². The van der Waals surface area contributed by atoms with Gasteiger partial charge in [-0.1, -0.05) is 24.6 Å². The van der Waals surface area contributed by atoms with Gasteiger partial charge in [-0.25, -0.2) is 0 Å². The van der Waals surface area contributed by atoms with E-state index in [1.807, 2.05) is 26.0 Å². The van der Waals surface area contributed by atoms with Crippen molar-refractivity contribution < 1.29 is 14.3 Å². The number of anilines is 1. The van der Waals surface area contributed by atoms with Gasteiger partial charge >= 0.3 is 0 Å². The standard InChI is InChI=1S/C18H19ClINO3/c1-4-7-24-17-15(20)8-12(9-16(17)23-3)18(22)21-13-6-5-11(2)14(19)10-13/h5-6,8-10H,4,7H2,1-3H3,(H,21,22). The Hall–Kier alpha value is -1.47. The second kappa shape index (κ2) is 8.58. The van der Waals surface area contributed by atoms with Crippen LogP contribution >= 0.6 is 34.2 Å². The molecule has 0 bridgehead atoms. The van der Waals surface area contributed by atoms with Gasteiger partial charge in [-0.15, -0.1) is 0 Å². The topological polar surface area (TPSA) is 47.6 Å². The van der Waals surface area contributed by atoms with Crippen molar-refractivity contribution in [1.82, 2.24) is 0 Å². The van der Waals surface area contributed by atoms with E-state index in [1.165, 1.54) is 0 Å². The molecule has 0 radical (unpaired) electrons. The fraction of sp³-hybridized carbons (Fsp3) is 0.278. The van der Waals surface area contributed by atoms with E-state index in [9.17, 15) is 4.79 Å². The van der Waals surface area contributed by atoms with Crippen molar-refractivity contribution in [3.63, 3.8) is 0 Å². The molecule has 6 heteroatoms. The fourth-order valence-electron chi connectivity index (χ4n) is 2.07. The molecule has 0 atom stereocenters. The number of carbonyl (C=O) groups is 1. The van der Waals surface area contributed by atoms with E-state index in [2.05, 4.69) is 27.9 Å². The molecule has 1 N–H and O–H groups in total. The fourth-order valence-corrected chi connectivity index (χ4v) is 3.01. The third kappa shape index (κ3) is 4.54. The molecule has 1 amide bonds. The van der Waals surface area contributed by atoms with E-state index < -0.39 is 0 Å². The molecule has 0 spiro atoms. The molecule has 0 fully saturated rings. The smallest absolute Gasteiger partial charge is 0.255 e. The first-order chi connectivity index (χ1) is 11.5. The molecule has 2 aromatic carbocycles. The summed E-state index contributed by atoms with van der Waals surface area (Å²) >= 11 is 8.24. The Labute approximate surface area is 160 Å². The number of benzene rings is 2. The lowest BCUT2D eigenvalue weighted by Crippen LogP contribution is -2.13. The van der Waals surface area contributed by atoms with Gasteiger partial charge < -0.3 is 14.8 Å². The molecule has 2 aromatic rings. The molecule has 0 aromatic heterocycles. The van der Waals surface area contributed by atoms with Crippen molar-refractivity contribution in [2.24, 2.45) is 0 Å². The summed E-state index contributed by atoms with van der Waals surface area (Å²) in [6.07, 6.45) is 0.898. The molecule has 128 valence electrons. The van der Waals surface area contributed by atoms with E-state index >= 15 is 0 Å². The number of rotatable bonds is 6. The number of methoxy groups -OCH3 is 1. The van der Waals surface area contributed by atoms with Gasteiger partial charge in [0.25, 0.3) is 5.91 Å². The van der Waals surface area contributed by atoms with E-state index in [1.54, 1.807) is 25.3 Å². The summed E-state index contributed by atoms with van der Waals surface area (Å²) in [5.41, 5.74) is 2.11. The van der Waals surface area contributed by atoms with Crippen LogP contribution in [0.4, 0.5) is 5.69 Å². The second-order valence-corrected chi connectivity index (χ2v) is 6.83. The zero-order valence-electron chi connectivity index (χ0n) is 13.8. The van der Waals surface area contributed by atoms with Gasteiger partial charge in [0.1, 0.15) is 0 Å². The van der Waals surface area contributed by atoms with Crippen LogP contribution in [0.1, 0.15) is 29.3 Å². The molecule has 0 unspecified atom stereocenters. The van der Waals surface area contributed by atoms with Gasteiger partial charge in [-0.05, 0) is 65.8 Å². The molecular weight excluding hydrogens is 441 g/mol. The second-order valence-electron chi connectivity index (χ2n) is 5.26. The van der Waals surface area contributed by atoms with E-state index in [-0.39, 0.29) is 5.91 Å². The predicted octanol–water partition coefficient (Wildman–Crippen LogP) is 5.30. The molecule has 4 nitrogen and oxygen atoms in total. The first kappa shape index (κ1) is 18.9. The highest BCUT2D eigenvalue weighted by molar-refractivity contribution is 14.1. The maximum atomic E-state index is 12.5. The van der Waals surface area contributed by atoms with E-state index in [4.69, 9.17) is 21.1 Å². The number of carbonyl (C=O) groups excluding carboxylic acids is 1. The number of ether oxygens (including phenoxy) is 2. The van der Waals surface area contributed by atoms with E-state index in [0.29, 0.717) is 34.4 Å². The lowest BCUT2D eigenvalue weighted by molar-refractivity contribution is 0.102. The average Bonchev–Trinajstić information content (AvgIpc) is 2.56. The van der Waals surface area contributed by atoms with Crippen molar-refractivity contribution in [3.05, 3.63) is 50.1 Å². The van der Waals surface area contributed by atoms with Crippen LogP contribution in [0.5, 0.6) is 11.5 Å². The first-order valence-corrected chi connectivity index (χ1v) is 8.99. The number of hydrogen-bond donors (Lipinski definition) is 1. The Balaban J connectivity index is 2.25. The lowest BCUT2D eigenvalue weighted by Gasteiger charge is -2.14. The SMILES string of the molecule is CCCOc1c(I)cc(C(=O)Nc2ccc(C)c(Cl)c2)cc1OC. The normalized spacial score (nSPS) is 10.4. The maximum Gasteiger partial charge on any atom is 0.255 e. The monoisotopic (exact) mass is 459 g/mol. The largest absolute Gasteiger partial charge is 0.493 e. The van der Waals surface area contributed by atoms with Crippen molar-refractivity contribution in [2.45, 2.75) is 20.3 Å². The highest BCUT2D eigenvalue weighted by Gasteiger charge is 2.16. The van der Waals surface area contributed by atoms with Crippen LogP contribution in [-0.4, -0.2) is 19.6 Å². The van der Waals surface area contributed by atoms with E-state index in [0.717, 1.165) is 15.6 Å². The molecule has 24 heavy (non-hydrogen) atoms. The number of halogens is 2. The number of aryl methyl sites for hydroxylation is 1. The van der Waals surface area contributed by atoms with Crippen LogP contribution in [0.25, 0.3) is 0 Å². The van der Waals surface area contributed by atoms with Crippen LogP contribution in [0.2, 0.25) is 5.02 Å². The molecule has 0 saturated carbocycles. The summed E-state index contributed by atoms with van der Waals surface area (Å²) in [5.74, 6) is 0.977. The minimum atomic E-state index is -0.229. The quantitative estimate of drug-likeness (QED) is 0.596. The molecule has 0 aliphatic carbocycles. The molecule has 0 aliphatic rings. The lowest BCUT2D eigenvalue weighted by atomic mass is 10.1. The Morgan fingerprint density at radius 3 is 2.67 bits per heavy atom. The third-order valence-electron chi connectivity index (χ3n) is 3.37. The number of amides is 1. The summed E-state index contributed by atoms with van der Waals surface area (Å²) in [6.45, 7) is 4.55. The summed E-state index contributed by atoms with van der Waals surface area (Å²) in [5, 5.41) is 3.46. The molecule has 2 rings (SSSR count). The summed E-state index contributed by atoms with van der Waals surface area (Å²) in [4.78, 5) is 12.5. The molecule has 0 saturated heterocycles. The Morgan fingerprint density at radius 1 is 1.29 bits per heavy atom. The van der Waals surface area contributed by atoms with Crippen LogP contribution in [0, 0.1) is 10.5 Å². The van der Waals surface area contributed by atoms with Crippen LogP contribution < -0.4 is 14.8 Å². The minimum Gasteiger partial charge on any atom is -0.493 e. The zero-order chi connectivity index (χ0) is 17.7. The molecule has 0 aliphatic heterocycles. The van der Waals surface area contributed by atoms with Gasteiger partial charge in [0, 0.05) is 16.3 Å². The van der Waals surface area contributed by atoms with Crippen molar-refractivity contribution in [3.8, 4) is 11.5 Å². The average molecular weight is 460 g/mol. The summed E-state index contributed by atoms with van der Waals surface area (Å²) in [6, 6.07) is 8.87. The first-order valence-electron chi connectivity index (χ1n) is 7.54. The van der Waals surface area contributed by atoms with Crippen molar-refractivity contribution >= 4 is 45.8 Å². The minimum absolute atomic E-state index is 0.229. The maximum absolute atomic E-state index is 12.5.